The normalized spacial score (nSPS) is 21.8. The van der Waals surface area contributed by atoms with Crippen LogP contribution in [0.3, 0.4) is 0 Å². The average molecular weight is 260 g/mol. The Morgan fingerprint density at radius 2 is 1.79 bits per heavy atom. The largest absolute Gasteiger partial charge is 0.330 e. The lowest BCUT2D eigenvalue weighted by Crippen LogP contribution is -3.18. The van der Waals surface area contributed by atoms with Crippen molar-refractivity contribution in [1.29, 1.82) is 0 Å². The van der Waals surface area contributed by atoms with Gasteiger partial charge in [0.05, 0.1) is 32.2 Å². The highest BCUT2D eigenvalue weighted by Gasteiger charge is 2.31. The van der Waals surface area contributed by atoms with E-state index in [1.54, 1.807) is 29.4 Å². The predicted octanol–water partition coefficient (Wildman–Crippen LogP) is 0.365. The number of aromatic nitrogens is 1. The molecule has 2 aliphatic rings. The van der Waals surface area contributed by atoms with Gasteiger partial charge < -0.3 is 9.80 Å². The molecule has 3 rings (SSSR count). The van der Waals surface area contributed by atoms with Crippen LogP contribution in [-0.4, -0.2) is 48.0 Å². The van der Waals surface area contributed by atoms with Crippen LogP contribution in [0.1, 0.15) is 36.0 Å². The molecule has 0 spiro atoms. The molecule has 0 unspecified atom stereocenters. The minimum absolute atomic E-state index is 0.160. The lowest BCUT2D eigenvalue weighted by Gasteiger charge is -2.35. The monoisotopic (exact) mass is 260 g/mol. The Hall–Kier alpha value is -1.42. The van der Waals surface area contributed by atoms with Crippen LogP contribution < -0.4 is 4.90 Å². The number of quaternary nitrogens is 1. The van der Waals surface area contributed by atoms with Gasteiger partial charge in [0.25, 0.3) is 5.91 Å². The highest BCUT2D eigenvalue weighted by atomic mass is 16.2. The summed E-state index contributed by atoms with van der Waals surface area (Å²) in [6.45, 7) is 4.02. The fraction of sp³-hybridized carbons (Fsp3) is 0.600. The molecule has 1 saturated carbocycles. The van der Waals surface area contributed by atoms with Crippen molar-refractivity contribution in [3.8, 4) is 0 Å². The second-order valence-electron chi connectivity index (χ2n) is 5.67. The zero-order valence-electron chi connectivity index (χ0n) is 11.3. The standard InChI is InChI=1S/C15H21N3O/c19-15(13-5-7-16-8-6-13)18-11-9-17(10-12-18)14-3-1-2-4-14/h5-8,14H,1-4,9-12H2/p+1. The Morgan fingerprint density at radius 3 is 2.42 bits per heavy atom. The number of carbonyl (C=O) groups is 1. The molecule has 1 aromatic heterocycles. The summed E-state index contributed by atoms with van der Waals surface area (Å²) in [6.07, 6.45) is 8.93. The Balaban J connectivity index is 1.56. The van der Waals surface area contributed by atoms with Crippen LogP contribution in [-0.2, 0) is 0 Å². The fourth-order valence-electron chi connectivity index (χ4n) is 3.42. The molecule has 4 nitrogen and oxygen atoms in total. The molecule has 2 fully saturated rings. The van der Waals surface area contributed by atoms with E-state index < -0.39 is 0 Å². The SMILES string of the molecule is O=C(c1ccncc1)N1CC[NH+](C2CCCC2)CC1. The number of amides is 1. The van der Waals surface area contributed by atoms with Gasteiger partial charge in [-0.2, -0.15) is 0 Å². The molecule has 0 radical (unpaired) electrons. The molecule has 2 heterocycles. The van der Waals surface area contributed by atoms with Gasteiger partial charge >= 0.3 is 0 Å². The van der Waals surface area contributed by atoms with E-state index in [-0.39, 0.29) is 5.91 Å². The molecule has 1 amide bonds. The maximum absolute atomic E-state index is 12.3. The first-order chi connectivity index (χ1) is 9.34. The van der Waals surface area contributed by atoms with Crippen molar-refractivity contribution in [3.05, 3.63) is 30.1 Å². The molecule has 4 heteroatoms. The Bertz CT molecular complexity index is 420. The average Bonchev–Trinajstić information content (AvgIpc) is 3.02. The first kappa shape index (κ1) is 12.6. The van der Waals surface area contributed by atoms with E-state index in [4.69, 9.17) is 0 Å². The Kier molecular flexibility index (Phi) is 3.78. The second-order valence-corrected chi connectivity index (χ2v) is 5.67. The predicted molar refractivity (Wildman–Crippen MR) is 73.1 cm³/mol. The number of pyridine rings is 1. The van der Waals surface area contributed by atoms with Crippen LogP contribution in [0.15, 0.2) is 24.5 Å². The van der Waals surface area contributed by atoms with Crippen molar-refractivity contribution in [1.82, 2.24) is 9.88 Å². The molecule has 1 aromatic rings. The summed E-state index contributed by atoms with van der Waals surface area (Å²) in [7, 11) is 0. The number of piperazine rings is 1. The molecule has 19 heavy (non-hydrogen) atoms. The zero-order chi connectivity index (χ0) is 13.1. The van der Waals surface area contributed by atoms with Crippen LogP contribution in [0.2, 0.25) is 0 Å². The third-order valence-electron chi connectivity index (χ3n) is 4.55. The van der Waals surface area contributed by atoms with Crippen molar-refractivity contribution >= 4 is 5.91 Å². The van der Waals surface area contributed by atoms with Gasteiger partial charge in [0, 0.05) is 18.0 Å². The summed E-state index contributed by atoms with van der Waals surface area (Å²) in [5.41, 5.74) is 0.763. The lowest BCUT2D eigenvalue weighted by molar-refractivity contribution is -0.928. The number of hydrogen-bond acceptors (Lipinski definition) is 2. The molecule has 1 aliphatic carbocycles. The van der Waals surface area contributed by atoms with E-state index in [2.05, 4.69) is 4.98 Å². The van der Waals surface area contributed by atoms with Gasteiger partial charge in [0.2, 0.25) is 0 Å². The molecular weight excluding hydrogens is 238 g/mol. The highest BCUT2D eigenvalue weighted by Crippen LogP contribution is 2.15. The Morgan fingerprint density at radius 1 is 1.16 bits per heavy atom. The van der Waals surface area contributed by atoms with E-state index >= 15 is 0 Å². The fourth-order valence-corrected chi connectivity index (χ4v) is 3.42. The zero-order valence-corrected chi connectivity index (χ0v) is 11.3. The summed E-state index contributed by atoms with van der Waals surface area (Å²) < 4.78 is 0. The molecule has 0 bridgehead atoms. The molecule has 0 atom stereocenters. The number of rotatable bonds is 2. The lowest BCUT2D eigenvalue weighted by atomic mass is 10.1. The summed E-state index contributed by atoms with van der Waals surface area (Å²) in [5.74, 6) is 0.160. The number of carbonyl (C=O) groups excluding carboxylic acids is 1. The van der Waals surface area contributed by atoms with E-state index in [9.17, 15) is 4.79 Å². The highest BCUT2D eigenvalue weighted by molar-refractivity contribution is 5.94. The maximum atomic E-state index is 12.3. The number of nitrogens with one attached hydrogen (secondary N) is 1. The van der Waals surface area contributed by atoms with Gasteiger partial charge in [0.15, 0.2) is 0 Å². The van der Waals surface area contributed by atoms with Gasteiger partial charge in [-0.25, -0.2) is 0 Å². The van der Waals surface area contributed by atoms with Gasteiger partial charge in [-0.05, 0) is 37.8 Å². The minimum Gasteiger partial charge on any atom is -0.330 e. The van der Waals surface area contributed by atoms with Gasteiger partial charge in [-0.15, -0.1) is 0 Å². The minimum atomic E-state index is 0.160. The van der Waals surface area contributed by atoms with Crippen molar-refractivity contribution in [2.45, 2.75) is 31.7 Å². The third kappa shape index (κ3) is 2.78. The van der Waals surface area contributed by atoms with Crippen LogP contribution in [0.25, 0.3) is 0 Å². The van der Waals surface area contributed by atoms with Gasteiger partial charge in [-0.1, -0.05) is 0 Å². The van der Waals surface area contributed by atoms with Crippen LogP contribution in [0.5, 0.6) is 0 Å². The van der Waals surface area contributed by atoms with Gasteiger partial charge in [-0.3, -0.25) is 9.78 Å². The van der Waals surface area contributed by atoms with E-state index in [0.29, 0.717) is 0 Å². The van der Waals surface area contributed by atoms with Crippen molar-refractivity contribution in [2.75, 3.05) is 26.2 Å². The molecule has 102 valence electrons. The quantitative estimate of drug-likeness (QED) is 0.834. The molecule has 0 aromatic carbocycles. The summed E-state index contributed by atoms with van der Waals surface area (Å²) in [4.78, 5) is 20.0. The summed E-state index contributed by atoms with van der Waals surface area (Å²) in [5, 5.41) is 0. The first-order valence-electron chi connectivity index (χ1n) is 7.38. The van der Waals surface area contributed by atoms with Crippen molar-refractivity contribution in [2.24, 2.45) is 0 Å². The maximum Gasteiger partial charge on any atom is 0.254 e. The topological polar surface area (TPSA) is 37.6 Å². The van der Waals surface area contributed by atoms with Crippen LogP contribution in [0, 0.1) is 0 Å². The van der Waals surface area contributed by atoms with E-state index in [1.807, 2.05) is 4.90 Å². The molecule has 1 saturated heterocycles. The van der Waals surface area contributed by atoms with Crippen LogP contribution in [0.4, 0.5) is 0 Å². The molecule has 1 aliphatic heterocycles. The van der Waals surface area contributed by atoms with E-state index in [0.717, 1.165) is 37.8 Å². The van der Waals surface area contributed by atoms with Gasteiger partial charge in [0.1, 0.15) is 0 Å². The van der Waals surface area contributed by atoms with E-state index in [1.165, 1.54) is 25.7 Å². The van der Waals surface area contributed by atoms with Crippen molar-refractivity contribution in [3.63, 3.8) is 0 Å². The summed E-state index contributed by atoms with van der Waals surface area (Å²) >= 11 is 0. The molecule has 1 N–H and O–H groups in total. The van der Waals surface area contributed by atoms with Crippen molar-refractivity contribution < 1.29 is 9.69 Å². The van der Waals surface area contributed by atoms with Crippen LogP contribution >= 0.6 is 0 Å². The number of hydrogen-bond donors (Lipinski definition) is 1. The third-order valence-corrected chi connectivity index (χ3v) is 4.55. The first-order valence-corrected chi connectivity index (χ1v) is 7.38. The second kappa shape index (κ2) is 5.70. The number of nitrogens with zero attached hydrogens (tertiary/aromatic N) is 2. The molecular formula is C15H22N3O+. The summed E-state index contributed by atoms with van der Waals surface area (Å²) in [6, 6.07) is 4.47. The Labute approximate surface area is 114 Å². The smallest absolute Gasteiger partial charge is 0.254 e.